The second kappa shape index (κ2) is 5.60. The molecule has 1 atom stereocenters. The highest BCUT2D eigenvalue weighted by Gasteiger charge is 2.26. The van der Waals surface area contributed by atoms with Gasteiger partial charge in [-0.2, -0.15) is 0 Å². The molecule has 0 saturated carbocycles. The normalized spacial score (nSPS) is 16.8. The molecular formula is C18H19NO2. The molecule has 3 heteroatoms. The number of amides is 1. The number of carbonyl (C=O) groups excluding carboxylic acids is 1. The Balaban J connectivity index is 1.69. The molecule has 0 bridgehead atoms. The van der Waals surface area contributed by atoms with Gasteiger partial charge in [0, 0.05) is 5.69 Å². The van der Waals surface area contributed by atoms with Gasteiger partial charge in [0.1, 0.15) is 5.75 Å². The van der Waals surface area contributed by atoms with E-state index in [1.165, 1.54) is 16.7 Å². The number of fused-ring (bicyclic) bond motifs is 1. The number of hydrogen-bond acceptors (Lipinski definition) is 2. The average Bonchev–Trinajstić information content (AvgIpc) is 2.49. The summed E-state index contributed by atoms with van der Waals surface area (Å²) in [5.41, 5.74) is 4.39. The lowest BCUT2D eigenvalue weighted by Crippen LogP contribution is -2.35. The number of nitrogens with one attached hydrogen (secondary N) is 1. The second-order valence-corrected chi connectivity index (χ2v) is 5.61. The highest BCUT2D eigenvalue weighted by Crippen LogP contribution is 2.28. The van der Waals surface area contributed by atoms with E-state index in [1.54, 1.807) is 0 Å². The van der Waals surface area contributed by atoms with Crippen LogP contribution in [0.2, 0.25) is 0 Å². The van der Waals surface area contributed by atoms with Crippen molar-refractivity contribution in [2.75, 3.05) is 5.32 Å². The number of anilines is 1. The van der Waals surface area contributed by atoms with E-state index in [2.05, 4.69) is 18.3 Å². The molecule has 2 aromatic rings. The fourth-order valence-corrected chi connectivity index (χ4v) is 2.56. The lowest BCUT2D eigenvalue weighted by molar-refractivity contribution is -0.123. The molecule has 1 aliphatic heterocycles. The van der Waals surface area contributed by atoms with Gasteiger partial charge in [0.05, 0.1) is 0 Å². The molecule has 0 fully saturated rings. The third-order valence-electron chi connectivity index (χ3n) is 3.77. The van der Waals surface area contributed by atoms with Crippen molar-refractivity contribution in [3.05, 3.63) is 59.2 Å². The van der Waals surface area contributed by atoms with Crippen LogP contribution in [0.5, 0.6) is 5.75 Å². The molecule has 0 radical (unpaired) electrons. The number of aryl methyl sites for hydroxylation is 3. The first kappa shape index (κ1) is 13.7. The first-order valence-electron chi connectivity index (χ1n) is 7.25. The zero-order valence-corrected chi connectivity index (χ0v) is 12.3. The van der Waals surface area contributed by atoms with Crippen LogP contribution in [0, 0.1) is 13.8 Å². The van der Waals surface area contributed by atoms with Crippen molar-refractivity contribution in [2.24, 2.45) is 0 Å². The van der Waals surface area contributed by atoms with Crippen LogP contribution in [0.25, 0.3) is 0 Å². The Morgan fingerprint density at radius 3 is 2.57 bits per heavy atom. The first-order chi connectivity index (χ1) is 10.1. The number of carbonyl (C=O) groups is 1. The Morgan fingerprint density at radius 1 is 1.10 bits per heavy atom. The van der Waals surface area contributed by atoms with Crippen LogP contribution < -0.4 is 10.1 Å². The molecule has 1 heterocycles. The van der Waals surface area contributed by atoms with E-state index in [0.717, 1.165) is 17.9 Å². The Bertz CT molecular complexity index is 661. The molecule has 21 heavy (non-hydrogen) atoms. The lowest BCUT2D eigenvalue weighted by atomic mass is 10.00. The molecule has 1 unspecified atom stereocenters. The van der Waals surface area contributed by atoms with E-state index in [-0.39, 0.29) is 5.91 Å². The van der Waals surface area contributed by atoms with Crippen LogP contribution in [-0.2, 0) is 11.2 Å². The van der Waals surface area contributed by atoms with Crippen LogP contribution >= 0.6 is 0 Å². The fourth-order valence-electron chi connectivity index (χ4n) is 2.56. The molecule has 1 amide bonds. The Labute approximate surface area is 124 Å². The summed E-state index contributed by atoms with van der Waals surface area (Å²) in [6.45, 7) is 4.09. The second-order valence-electron chi connectivity index (χ2n) is 5.61. The maximum atomic E-state index is 12.3. The first-order valence-corrected chi connectivity index (χ1v) is 7.25. The summed E-state index contributed by atoms with van der Waals surface area (Å²) < 4.78 is 5.83. The van der Waals surface area contributed by atoms with Crippen LogP contribution in [0.3, 0.4) is 0 Å². The minimum Gasteiger partial charge on any atom is -0.480 e. The van der Waals surface area contributed by atoms with Gasteiger partial charge in [-0.25, -0.2) is 0 Å². The number of benzene rings is 2. The lowest BCUT2D eigenvalue weighted by Gasteiger charge is -2.25. The predicted octanol–water partition coefficient (Wildman–Crippen LogP) is 3.64. The fraction of sp³-hybridized carbons (Fsp3) is 0.278. The largest absolute Gasteiger partial charge is 0.480 e. The topological polar surface area (TPSA) is 38.3 Å². The summed E-state index contributed by atoms with van der Waals surface area (Å²) >= 11 is 0. The summed E-state index contributed by atoms with van der Waals surface area (Å²) in [6, 6.07) is 13.9. The minimum atomic E-state index is -0.415. The van der Waals surface area contributed by atoms with Gasteiger partial charge < -0.3 is 10.1 Å². The van der Waals surface area contributed by atoms with E-state index in [1.807, 2.05) is 43.3 Å². The molecule has 0 spiro atoms. The summed E-state index contributed by atoms with van der Waals surface area (Å²) in [5.74, 6) is 0.751. The molecule has 108 valence electrons. The van der Waals surface area contributed by atoms with Gasteiger partial charge in [-0.05, 0) is 50.5 Å². The summed E-state index contributed by atoms with van der Waals surface area (Å²) in [5, 5.41) is 2.92. The number of rotatable bonds is 2. The van der Waals surface area contributed by atoms with Gasteiger partial charge in [0.2, 0.25) is 0 Å². The minimum absolute atomic E-state index is 0.0786. The molecule has 1 aliphatic rings. The van der Waals surface area contributed by atoms with Crippen molar-refractivity contribution in [2.45, 2.75) is 32.8 Å². The third kappa shape index (κ3) is 3.07. The molecule has 0 saturated heterocycles. The Kier molecular flexibility index (Phi) is 3.65. The van der Waals surface area contributed by atoms with Gasteiger partial charge in [-0.1, -0.05) is 35.4 Å². The SMILES string of the molecule is Cc1ccc(NC(=O)C2CCc3cc(C)ccc3O2)cc1. The van der Waals surface area contributed by atoms with Crippen molar-refractivity contribution in [1.29, 1.82) is 0 Å². The van der Waals surface area contributed by atoms with E-state index in [4.69, 9.17) is 4.74 Å². The average molecular weight is 281 g/mol. The Morgan fingerprint density at radius 2 is 1.81 bits per heavy atom. The van der Waals surface area contributed by atoms with Crippen molar-refractivity contribution in [3.8, 4) is 5.75 Å². The zero-order valence-electron chi connectivity index (χ0n) is 12.3. The van der Waals surface area contributed by atoms with Gasteiger partial charge in [-0.3, -0.25) is 4.79 Å². The van der Waals surface area contributed by atoms with Crippen molar-refractivity contribution >= 4 is 11.6 Å². The van der Waals surface area contributed by atoms with Crippen molar-refractivity contribution in [1.82, 2.24) is 0 Å². The molecular weight excluding hydrogens is 262 g/mol. The Hall–Kier alpha value is -2.29. The highest BCUT2D eigenvalue weighted by atomic mass is 16.5. The maximum absolute atomic E-state index is 12.3. The number of ether oxygens (including phenoxy) is 1. The smallest absolute Gasteiger partial charge is 0.265 e. The van der Waals surface area contributed by atoms with Crippen molar-refractivity contribution in [3.63, 3.8) is 0 Å². The van der Waals surface area contributed by atoms with E-state index >= 15 is 0 Å². The van der Waals surface area contributed by atoms with E-state index < -0.39 is 6.10 Å². The molecule has 3 rings (SSSR count). The summed E-state index contributed by atoms with van der Waals surface area (Å²) in [4.78, 5) is 12.3. The van der Waals surface area contributed by atoms with Crippen LogP contribution in [0.4, 0.5) is 5.69 Å². The summed E-state index contributed by atoms with van der Waals surface area (Å²) in [6.07, 6.45) is 1.18. The monoisotopic (exact) mass is 281 g/mol. The number of hydrogen-bond donors (Lipinski definition) is 1. The maximum Gasteiger partial charge on any atom is 0.265 e. The molecule has 2 aromatic carbocycles. The quantitative estimate of drug-likeness (QED) is 0.912. The predicted molar refractivity (Wildman–Crippen MR) is 83.7 cm³/mol. The standard InChI is InChI=1S/C18H19NO2/c1-12-3-7-15(8-4-12)19-18(20)17-10-6-14-11-13(2)5-9-16(14)21-17/h3-5,7-9,11,17H,6,10H2,1-2H3,(H,19,20). The third-order valence-corrected chi connectivity index (χ3v) is 3.77. The van der Waals surface area contributed by atoms with Crippen molar-refractivity contribution < 1.29 is 9.53 Å². The van der Waals surface area contributed by atoms with Crippen LogP contribution in [-0.4, -0.2) is 12.0 Å². The van der Waals surface area contributed by atoms with Gasteiger partial charge in [0.15, 0.2) is 6.10 Å². The molecule has 0 aromatic heterocycles. The summed E-state index contributed by atoms with van der Waals surface area (Å²) in [7, 11) is 0. The van der Waals surface area contributed by atoms with Gasteiger partial charge in [-0.15, -0.1) is 0 Å². The highest BCUT2D eigenvalue weighted by molar-refractivity contribution is 5.94. The molecule has 3 nitrogen and oxygen atoms in total. The van der Waals surface area contributed by atoms with Crippen LogP contribution in [0.15, 0.2) is 42.5 Å². The van der Waals surface area contributed by atoms with E-state index in [9.17, 15) is 4.79 Å². The molecule has 1 N–H and O–H groups in total. The van der Waals surface area contributed by atoms with Gasteiger partial charge >= 0.3 is 0 Å². The zero-order chi connectivity index (χ0) is 14.8. The van der Waals surface area contributed by atoms with E-state index in [0.29, 0.717) is 6.42 Å². The molecule has 0 aliphatic carbocycles. The van der Waals surface area contributed by atoms with Gasteiger partial charge in [0.25, 0.3) is 5.91 Å². The van der Waals surface area contributed by atoms with Crippen LogP contribution in [0.1, 0.15) is 23.1 Å².